The molecule has 1 nitrogen and oxygen atoms in total. The Morgan fingerprint density at radius 2 is 1.60 bits per heavy atom. The Hall–Kier alpha value is -0.300. The molecule has 0 aromatic rings. The molecular formula is C14H28O. The van der Waals surface area contributed by atoms with Crippen LogP contribution in [0.2, 0.25) is 0 Å². The summed E-state index contributed by atoms with van der Waals surface area (Å²) < 4.78 is 0. The van der Waals surface area contributed by atoms with Crippen molar-refractivity contribution in [2.24, 2.45) is 5.92 Å². The fourth-order valence-electron chi connectivity index (χ4n) is 1.73. The van der Waals surface area contributed by atoms with Gasteiger partial charge >= 0.3 is 0 Å². The highest BCUT2D eigenvalue weighted by Gasteiger charge is 2.09. The van der Waals surface area contributed by atoms with E-state index in [-0.39, 0.29) is 12.0 Å². The summed E-state index contributed by atoms with van der Waals surface area (Å²) in [5, 5.41) is 9.69. The van der Waals surface area contributed by atoms with Crippen molar-refractivity contribution < 1.29 is 5.11 Å². The summed E-state index contributed by atoms with van der Waals surface area (Å²) in [5.74, 6) is 0.241. The molecule has 1 heteroatoms. The summed E-state index contributed by atoms with van der Waals surface area (Å²) in [7, 11) is 0. The van der Waals surface area contributed by atoms with E-state index in [9.17, 15) is 5.11 Å². The first-order chi connectivity index (χ1) is 7.22. The van der Waals surface area contributed by atoms with E-state index in [0.717, 1.165) is 12.8 Å². The van der Waals surface area contributed by atoms with Gasteiger partial charge in [-0.1, -0.05) is 64.9 Å². The quantitative estimate of drug-likeness (QED) is 0.422. The second-order valence-corrected chi connectivity index (χ2v) is 4.57. The number of aliphatic hydroxyl groups excluding tert-OH is 1. The van der Waals surface area contributed by atoms with Crippen molar-refractivity contribution in [3.63, 3.8) is 0 Å². The molecule has 0 unspecified atom stereocenters. The lowest BCUT2D eigenvalue weighted by atomic mass is 9.98. The van der Waals surface area contributed by atoms with Gasteiger partial charge in [-0.3, -0.25) is 0 Å². The highest BCUT2D eigenvalue weighted by Crippen LogP contribution is 2.14. The highest BCUT2D eigenvalue weighted by atomic mass is 16.3. The fourth-order valence-corrected chi connectivity index (χ4v) is 1.73. The smallest absolute Gasteiger partial charge is 0.0600 e. The maximum Gasteiger partial charge on any atom is 0.0600 e. The molecule has 0 aliphatic carbocycles. The molecule has 0 aromatic carbocycles. The van der Waals surface area contributed by atoms with E-state index in [1.54, 1.807) is 0 Å². The van der Waals surface area contributed by atoms with Crippen molar-refractivity contribution in [1.29, 1.82) is 0 Å². The maximum absolute atomic E-state index is 9.69. The highest BCUT2D eigenvalue weighted by molar-refractivity contribution is 4.80. The molecule has 0 rings (SSSR count). The second-order valence-electron chi connectivity index (χ2n) is 4.57. The van der Waals surface area contributed by atoms with Crippen molar-refractivity contribution in [1.82, 2.24) is 0 Å². The first-order valence-corrected chi connectivity index (χ1v) is 6.53. The monoisotopic (exact) mass is 212 g/mol. The van der Waals surface area contributed by atoms with Crippen LogP contribution in [0.1, 0.15) is 65.2 Å². The fraction of sp³-hybridized carbons (Fsp3) is 0.857. The molecular weight excluding hydrogens is 184 g/mol. The molecule has 2 atom stereocenters. The first kappa shape index (κ1) is 14.7. The van der Waals surface area contributed by atoms with Crippen molar-refractivity contribution in [3.8, 4) is 0 Å². The van der Waals surface area contributed by atoms with Gasteiger partial charge in [0.1, 0.15) is 0 Å². The van der Waals surface area contributed by atoms with Crippen molar-refractivity contribution >= 4 is 0 Å². The van der Waals surface area contributed by atoms with Crippen molar-refractivity contribution in [2.75, 3.05) is 0 Å². The molecule has 0 aromatic heterocycles. The predicted octanol–water partition coefficient (Wildman–Crippen LogP) is 4.31. The van der Waals surface area contributed by atoms with Gasteiger partial charge in [0, 0.05) is 0 Å². The zero-order chi connectivity index (χ0) is 11.5. The van der Waals surface area contributed by atoms with Gasteiger partial charge in [-0.05, 0) is 12.3 Å². The average Bonchev–Trinajstić information content (AvgIpc) is 2.26. The van der Waals surface area contributed by atoms with Gasteiger partial charge in [-0.15, -0.1) is 6.58 Å². The Balaban J connectivity index is 3.19. The lowest BCUT2D eigenvalue weighted by Gasteiger charge is -2.14. The molecule has 0 aliphatic heterocycles. The molecule has 0 spiro atoms. The Kier molecular flexibility index (Phi) is 10.0. The third kappa shape index (κ3) is 8.68. The molecule has 0 fully saturated rings. The molecule has 0 heterocycles. The van der Waals surface area contributed by atoms with Gasteiger partial charge in [-0.25, -0.2) is 0 Å². The summed E-state index contributed by atoms with van der Waals surface area (Å²) in [5.41, 5.74) is 0. The van der Waals surface area contributed by atoms with Crippen molar-refractivity contribution in [3.05, 3.63) is 12.7 Å². The lowest BCUT2D eigenvalue weighted by Crippen LogP contribution is -2.14. The van der Waals surface area contributed by atoms with Gasteiger partial charge in [0.25, 0.3) is 0 Å². The van der Waals surface area contributed by atoms with Crippen LogP contribution in [0.3, 0.4) is 0 Å². The van der Waals surface area contributed by atoms with Crippen LogP contribution in [0.25, 0.3) is 0 Å². The molecule has 0 saturated carbocycles. The standard InChI is InChI=1S/C14H28O/c1-4-6-7-8-9-10-11-12-14(15)13(3)5-2/h5,13-15H,2,4,6-12H2,1,3H3/t13-,14-/m0/s1. The Morgan fingerprint density at radius 1 is 1.07 bits per heavy atom. The molecule has 90 valence electrons. The third-order valence-electron chi connectivity index (χ3n) is 3.08. The molecule has 0 amide bonds. The summed E-state index contributed by atoms with van der Waals surface area (Å²) in [6.45, 7) is 7.97. The summed E-state index contributed by atoms with van der Waals surface area (Å²) in [6.07, 6.45) is 11.8. The minimum Gasteiger partial charge on any atom is -0.393 e. The number of aliphatic hydroxyl groups is 1. The normalized spacial score (nSPS) is 14.9. The Labute approximate surface area is 95.6 Å². The van der Waals surface area contributed by atoms with Crippen molar-refractivity contribution in [2.45, 2.75) is 71.3 Å². The third-order valence-corrected chi connectivity index (χ3v) is 3.08. The van der Waals surface area contributed by atoms with Gasteiger partial charge in [-0.2, -0.15) is 0 Å². The van der Waals surface area contributed by atoms with Crippen LogP contribution in [-0.4, -0.2) is 11.2 Å². The largest absolute Gasteiger partial charge is 0.393 e. The minimum absolute atomic E-state index is 0.182. The summed E-state index contributed by atoms with van der Waals surface area (Å²) in [4.78, 5) is 0. The van der Waals surface area contributed by atoms with Crippen LogP contribution >= 0.6 is 0 Å². The molecule has 0 radical (unpaired) electrons. The van der Waals surface area contributed by atoms with Gasteiger partial charge in [0.05, 0.1) is 6.10 Å². The number of rotatable bonds is 10. The topological polar surface area (TPSA) is 20.2 Å². The molecule has 0 bridgehead atoms. The van der Waals surface area contributed by atoms with E-state index in [1.165, 1.54) is 38.5 Å². The first-order valence-electron chi connectivity index (χ1n) is 6.53. The molecule has 1 N–H and O–H groups in total. The maximum atomic E-state index is 9.69. The summed E-state index contributed by atoms with van der Waals surface area (Å²) in [6, 6.07) is 0. The molecule has 0 saturated heterocycles. The van der Waals surface area contributed by atoms with E-state index in [0.29, 0.717) is 0 Å². The van der Waals surface area contributed by atoms with Crippen LogP contribution in [0.5, 0.6) is 0 Å². The van der Waals surface area contributed by atoms with E-state index < -0.39 is 0 Å². The number of hydrogen-bond acceptors (Lipinski definition) is 1. The Morgan fingerprint density at radius 3 is 2.13 bits per heavy atom. The van der Waals surface area contributed by atoms with Crippen LogP contribution in [-0.2, 0) is 0 Å². The second kappa shape index (κ2) is 10.2. The van der Waals surface area contributed by atoms with Crippen LogP contribution in [0.15, 0.2) is 12.7 Å². The Bertz CT molecular complexity index is 142. The zero-order valence-electron chi connectivity index (χ0n) is 10.5. The van der Waals surface area contributed by atoms with Crippen LogP contribution < -0.4 is 0 Å². The average molecular weight is 212 g/mol. The lowest BCUT2D eigenvalue weighted by molar-refractivity contribution is 0.125. The van der Waals surface area contributed by atoms with E-state index >= 15 is 0 Å². The van der Waals surface area contributed by atoms with E-state index in [4.69, 9.17) is 0 Å². The zero-order valence-corrected chi connectivity index (χ0v) is 10.5. The molecule has 15 heavy (non-hydrogen) atoms. The SMILES string of the molecule is C=C[C@H](C)[C@@H](O)CCCCCCCCC. The van der Waals surface area contributed by atoms with Gasteiger partial charge in [0.2, 0.25) is 0 Å². The van der Waals surface area contributed by atoms with E-state index in [2.05, 4.69) is 13.5 Å². The number of hydrogen-bond donors (Lipinski definition) is 1. The van der Waals surface area contributed by atoms with Gasteiger partial charge in [0.15, 0.2) is 0 Å². The summed E-state index contributed by atoms with van der Waals surface area (Å²) >= 11 is 0. The van der Waals surface area contributed by atoms with Crippen LogP contribution in [0.4, 0.5) is 0 Å². The molecule has 0 aliphatic rings. The van der Waals surface area contributed by atoms with E-state index in [1.807, 2.05) is 13.0 Å². The van der Waals surface area contributed by atoms with Gasteiger partial charge < -0.3 is 5.11 Å². The predicted molar refractivity (Wildman–Crippen MR) is 68.0 cm³/mol. The minimum atomic E-state index is -0.182. The number of unbranched alkanes of at least 4 members (excludes halogenated alkanes) is 6. The van der Waals surface area contributed by atoms with Crippen LogP contribution in [0, 0.1) is 5.92 Å².